The fourth-order valence-electron chi connectivity index (χ4n) is 5.46. The summed E-state index contributed by atoms with van der Waals surface area (Å²) >= 11 is 1.31. The zero-order valence-electron chi connectivity index (χ0n) is 22.9. The first-order chi connectivity index (χ1) is 20.3. The van der Waals surface area contributed by atoms with E-state index in [-0.39, 0.29) is 22.7 Å². The van der Waals surface area contributed by atoms with Crippen LogP contribution in [0.4, 0.5) is 0 Å². The molecular weight excluding hydrogens is 571 g/mol. The molecule has 42 heavy (non-hydrogen) atoms. The highest BCUT2D eigenvalue weighted by molar-refractivity contribution is 7.89. The van der Waals surface area contributed by atoms with Crippen molar-refractivity contribution in [2.75, 3.05) is 13.1 Å². The molecule has 7 rings (SSSR count). The number of benzene rings is 3. The summed E-state index contributed by atoms with van der Waals surface area (Å²) in [6.07, 6.45) is 3.28. The van der Waals surface area contributed by atoms with Crippen LogP contribution in [0.2, 0.25) is 0 Å². The van der Waals surface area contributed by atoms with Crippen molar-refractivity contribution in [3.05, 3.63) is 106 Å². The van der Waals surface area contributed by atoms with Crippen LogP contribution in [0, 0.1) is 0 Å². The first kappa shape index (κ1) is 26.7. The molecule has 1 saturated heterocycles. The Kier molecular flexibility index (Phi) is 6.54. The van der Waals surface area contributed by atoms with Crippen LogP contribution < -0.4 is 10.1 Å². The number of hydrogen-bond acceptors (Lipinski definition) is 7. The molecule has 0 saturated carbocycles. The van der Waals surface area contributed by atoms with Crippen LogP contribution in [0.1, 0.15) is 19.4 Å². The average molecular weight is 598 g/mol. The van der Waals surface area contributed by atoms with Crippen LogP contribution in [-0.2, 0) is 14.8 Å². The summed E-state index contributed by atoms with van der Waals surface area (Å²) in [5.41, 5.74) is 4.10. The summed E-state index contributed by atoms with van der Waals surface area (Å²) in [6, 6.07) is 24.0. The van der Waals surface area contributed by atoms with Crippen molar-refractivity contribution in [2.45, 2.75) is 31.0 Å². The number of hydrogen-bond donors (Lipinski definition) is 0. The van der Waals surface area contributed by atoms with Crippen LogP contribution in [0.5, 0.6) is 0 Å². The van der Waals surface area contributed by atoms with Gasteiger partial charge in [0.05, 0.1) is 38.4 Å². The number of fused-ring (bicyclic) bond motifs is 3. The normalized spacial score (nSPS) is 18.8. The van der Waals surface area contributed by atoms with Crippen LogP contribution in [0.15, 0.2) is 94.7 Å². The number of thiazole rings is 1. The number of ether oxygens (including phenoxy) is 1. The monoisotopic (exact) mass is 597 g/mol. The number of rotatable bonds is 5. The topological polar surface area (TPSA) is 98.8 Å². The van der Waals surface area contributed by atoms with Crippen molar-refractivity contribution >= 4 is 43.4 Å². The Morgan fingerprint density at radius 1 is 0.952 bits per heavy atom. The molecule has 3 aromatic heterocycles. The molecule has 6 aromatic rings. The Bertz CT molecular complexity index is 2160. The summed E-state index contributed by atoms with van der Waals surface area (Å²) in [4.78, 5) is 19.0. The smallest absolute Gasteiger partial charge is 0.274 e. The molecule has 1 aliphatic rings. The second-order valence-electron chi connectivity index (χ2n) is 10.5. The van der Waals surface area contributed by atoms with Gasteiger partial charge in [0.25, 0.3) is 5.56 Å². The standard InChI is InChI=1S/C31H27N5O4S2/c1-20-17-34(18-21(2)40-20)42(38,39)25-12-8-9-22(15-25)29-23(19-35(33-29)24-10-4-3-5-11-24)16-28-30(37)36-27-14-7-6-13-26(27)32-31(36)41-28/h3-16,19-21H,17-18H2,1-2H3/b28-16-. The number of para-hydroxylation sites is 3. The molecule has 11 heteroatoms. The highest BCUT2D eigenvalue weighted by Crippen LogP contribution is 2.29. The third-order valence-electron chi connectivity index (χ3n) is 7.33. The van der Waals surface area contributed by atoms with Crippen molar-refractivity contribution in [2.24, 2.45) is 0 Å². The van der Waals surface area contributed by atoms with E-state index in [1.807, 2.05) is 86.8 Å². The minimum atomic E-state index is -3.76. The van der Waals surface area contributed by atoms with E-state index in [4.69, 9.17) is 9.84 Å². The summed E-state index contributed by atoms with van der Waals surface area (Å²) in [6.45, 7) is 4.34. The van der Waals surface area contributed by atoms with Crippen LogP contribution in [-0.4, -0.2) is 57.2 Å². The Balaban J connectivity index is 1.37. The fraction of sp³-hybridized carbons (Fsp3) is 0.194. The SMILES string of the molecule is CC1CN(S(=O)(=O)c2cccc(-c3nn(-c4ccccc4)cc3/C=c3\sc4nc5ccccc5n4c3=O)c2)CC(C)O1. The third-order valence-corrected chi connectivity index (χ3v) is 10.1. The van der Waals surface area contributed by atoms with E-state index < -0.39 is 10.0 Å². The lowest BCUT2D eigenvalue weighted by molar-refractivity contribution is -0.0440. The molecule has 4 heterocycles. The zero-order valence-corrected chi connectivity index (χ0v) is 24.5. The molecule has 0 amide bonds. The fourth-order valence-corrected chi connectivity index (χ4v) is 8.08. The van der Waals surface area contributed by atoms with E-state index in [1.165, 1.54) is 15.6 Å². The van der Waals surface area contributed by atoms with Crippen molar-refractivity contribution in [1.29, 1.82) is 0 Å². The van der Waals surface area contributed by atoms with Crippen molar-refractivity contribution in [3.8, 4) is 16.9 Å². The van der Waals surface area contributed by atoms with Gasteiger partial charge in [0.2, 0.25) is 10.0 Å². The van der Waals surface area contributed by atoms with E-state index in [2.05, 4.69) is 4.98 Å². The number of aromatic nitrogens is 4. The minimum absolute atomic E-state index is 0.158. The third kappa shape index (κ3) is 4.64. The van der Waals surface area contributed by atoms with Gasteiger partial charge >= 0.3 is 0 Å². The molecule has 2 atom stereocenters. The summed E-state index contributed by atoms with van der Waals surface area (Å²) in [7, 11) is -3.76. The quantitative estimate of drug-likeness (QED) is 0.297. The maximum absolute atomic E-state index is 13.7. The van der Waals surface area contributed by atoms with Crippen molar-refractivity contribution in [3.63, 3.8) is 0 Å². The first-order valence-electron chi connectivity index (χ1n) is 13.6. The maximum Gasteiger partial charge on any atom is 0.274 e. The predicted molar refractivity (Wildman–Crippen MR) is 163 cm³/mol. The Hall–Kier alpha value is -4.16. The van der Waals surface area contributed by atoms with Gasteiger partial charge in [-0.05, 0) is 56.3 Å². The van der Waals surface area contributed by atoms with Crippen LogP contribution in [0.3, 0.4) is 0 Å². The molecule has 0 aliphatic carbocycles. The number of sulfonamides is 1. The molecule has 1 aliphatic heterocycles. The van der Waals surface area contributed by atoms with Gasteiger partial charge in [-0.3, -0.25) is 4.79 Å². The largest absolute Gasteiger partial charge is 0.373 e. The zero-order chi connectivity index (χ0) is 29.0. The Morgan fingerprint density at radius 2 is 1.69 bits per heavy atom. The van der Waals surface area contributed by atoms with E-state index >= 15 is 0 Å². The van der Waals surface area contributed by atoms with E-state index in [0.717, 1.165) is 16.7 Å². The molecule has 3 aromatic carbocycles. The second-order valence-corrected chi connectivity index (χ2v) is 13.4. The molecular formula is C31H27N5O4S2. The number of imidazole rings is 1. The highest BCUT2D eigenvalue weighted by atomic mass is 32.2. The first-order valence-corrected chi connectivity index (χ1v) is 15.9. The average Bonchev–Trinajstić information content (AvgIpc) is 3.66. The second kappa shape index (κ2) is 10.3. The number of nitrogens with zero attached hydrogens (tertiary/aromatic N) is 5. The van der Waals surface area contributed by atoms with E-state index in [9.17, 15) is 13.2 Å². The maximum atomic E-state index is 13.7. The minimum Gasteiger partial charge on any atom is -0.373 e. The lowest BCUT2D eigenvalue weighted by atomic mass is 10.1. The molecule has 0 bridgehead atoms. The molecule has 212 valence electrons. The molecule has 9 nitrogen and oxygen atoms in total. The van der Waals surface area contributed by atoms with Crippen molar-refractivity contribution < 1.29 is 13.2 Å². The molecule has 2 unspecified atom stereocenters. The summed E-state index contributed by atoms with van der Waals surface area (Å²) in [5, 5.41) is 4.86. The number of morpholine rings is 1. The van der Waals surface area contributed by atoms with Gasteiger partial charge in [-0.15, -0.1) is 0 Å². The molecule has 1 fully saturated rings. The van der Waals surface area contributed by atoms with Gasteiger partial charge in [-0.1, -0.05) is 53.8 Å². The highest BCUT2D eigenvalue weighted by Gasteiger charge is 2.32. The van der Waals surface area contributed by atoms with Gasteiger partial charge < -0.3 is 4.74 Å². The molecule has 0 spiro atoms. The van der Waals surface area contributed by atoms with Gasteiger partial charge in [-0.25, -0.2) is 22.5 Å². The van der Waals surface area contributed by atoms with Gasteiger partial charge in [0.15, 0.2) is 4.96 Å². The van der Waals surface area contributed by atoms with Gasteiger partial charge in [0.1, 0.15) is 5.69 Å². The predicted octanol–water partition coefficient (Wildman–Crippen LogP) is 4.11. The van der Waals surface area contributed by atoms with Crippen molar-refractivity contribution in [1.82, 2.24) is 23.5 Å². The summed E-state index contributed by atoms with van der Waals surface area (Å²) < 4.78 is 38.5. The molecule has 0 radical (unpaired) electrons. The Labute approximate surface area is 246 Å². The van der Waals surface area contributed by atoms with Crippen LogP contribution >= 0.6 is 11.3 Å². The lowest BCUT2D eigenvalue weighted by Crippen LogP contribution is -2.48. The molecule has 0 N–H and O–H groups in total. The van der Waals surface area contributed by atoms with Crippen LogP contribution in [0.25, 0.3) is 39.0 Å². The van der Waals surface area contributed by atoms with Gasteiger partial charge in [-0.2, -0.15) is 9.40 Å². The van der Waals surface area contributed by atoms with Gasteiger partial charge in [0, 0.05) is 30.4 Å². The van der Waals surface area contributed by atoms with E-state index in [1.54, 1.807) is 27.3 Å². The summed E-state index contributed by atoms with van der Waals surface area (Å²) in [5.74, 6) is 0. The Morgan fingerprint density at radius 3 is 2.48 bits per heavy atom. The van der Waals surface area contributed by atoms with E-state index in [0.29, 0.717) is 39.4 Å². The lowest BCUT2D eigenvalue weighted by Gasteiger charge is -2.34.